The van der Waals surface area contributed by atoms with Crippen LogP contribution in [0.15, 0.2) is 0 Å². The molecule has 2 unspecified atom stereocenters. The number of carbonyl (C=O) groups excluding carboxylic acids is 1. The van der Waals surface area contributed by atoms with E-state index in [1.165, 1.54) is 0 Å². The van der Waals surface area contributed by atoms with E-state index in [0.717, 1.165) is 38.5 Å². The van der Waals surface area contributed by atoms with E-state index in [1.807, 2.05) is 0 Å². The van der Waals surface area contributed by atoms with Gasteiger partial charge in [-0.15, -0.1) is 0 Å². The van der Waals surface area contributed by atoms with E-state index in [1.54, 1.807) is 0 Å². The normalized spacial score (nSPS) is 42.4. The van der Waals surface area contributed by atoms with Crippen molar-refractivity contribution >= 4 is 5.78 Å². The predicted octanol–water partition coefficient (Wildman–Crippen LogP) is 1.66. The summed E-state index contributed by atoms with van der Waals surface area (Å²) in [6, 6.07) is 0. The highest BCUT2D eigenvalue weighted by atomic mass is 16.3. The first-order valence-electron chi connectivity index (χ1n) is 4.97. The van der Waals surface area contributed by atoms with Gasteiger partial charge in [-0.2, -0.15) is 0 Å². The van der Waals surface area contributed by atoms with Gasteiger partial charge in [-0.05, 0) is 25.7 Å². The zero-order valence-corrected chi connectivity index (χ0v) is 7.38. The molecule has 2 rings (SSSR count). The van der Waals surface area contributed by atoms with Gasteiger partial charge in [0.2, 0.25) is 0 Å². The van der Waals surface area contributed by atoms with Gasteiger partial charge >= 0.3 is 0 Å². The van der Waals surface area contributed by atoms with Crippen molar-refractivity contribution in [3.8, 4) is 0 Å². The first kappa shape index (κ1) is 8.24. The second-order valence-corrected chi connectivity index (χ2v) is 4.22. The van der Waals surface area contributed by atoms with Crippen molar-refractivity contribution in [2.45, 2.75) is 50.5 Å². The lowest BCUT2D eigenvalue weighted by Crippen LogP contribution is -2.47. The van der Waals surface area contributed by atoms with Gasteiger partial charge in [0, 0.05) is 12.3 Å². The summed E-state index contributed by atoms with van der Waals surface area (Å²) in [5.41, 5.74) is -0.604. The molecule has 0 amide bonds. The molecule has 2 fully saturated rings. The Bertz CT molecular complexity index is 196. The van der Waals surface area contributed by atoms with Crippen LogP contribution in [-0.4, -0.2) is 16.5 Å². The Morgan fingerprint density at radius 2 is 2.00 bits per heavy atom. The summed E-state index contributed by atoms with van der Waals surface area (Å²) >= 11 is 0. The van der Waals surface area contributed by atoms with Crippen molar-refractivity contribution in [3.63, 3.8) is 0 Å². The summed E-state index contributed by atoms with van der Waals surface area (Å²) in [5, 5.41) is 10.1. The molecule has 2 nitrogen and oxygen atoms in total. The van der Waals surface area contributed by atoms with Crippen molar-refractivity contribution in [1.29, 1.82) is 0 Å². The van der Waals surface area contributed by atoms with Crippen LogP contribution in [0, 0.1) is 5.92 Å². The number of Topliss-reactive ketones (excluding diaryl/α,β-unsaturated/α-hetero) is 1. The molecule has 2 aliphatic rings. The molecule has 0 saturated heterocycles. The second-order valence-electron chi connectivity index (χ2n) is 4.22. The average Bonchev–Trinajstić information content (AvgIpc) is 2.04. The van der Waals surface area contributed by atoms with Gasteiger partial charge in [0.25, 0.3) is 0 Å². The van der Waals surface area contributed by atoms with Gasteiger partial charge < -0.3 is 5.11 Å². The lowest BCUT2D eigenvalue weighted by Gasteiger charge is -2.42. The Morgan fingerprint density at radius 3 is 2.75 bits per heavy atom. The van der Waals surface area contributed by atoms with Crippen LogP contribution in [0.25, 0.3) is 0 Å². The SMILES string of the molecule is O=C1CCCC2(O)CCCCC12. The second kappa shape index (κ2) is 2.84. The minimum Gasteiger partial charge on any atom is -0.389 e. The summed E-state index contributed by atoms with van der Waals surface area (Å²) in [4.78, 5) is 11.5. The maximum absolute atomic E-state index is 11.5. The Balaban J connectivity index is 2.18. The van der Waals surface area contributed by atoms with Crippen molar-refractivity contribution in [3.05, 3.63) is 0 Å². The summed E-state index contributed by atoms with van der Waals surface area (Å²) < 4.78 is 0. The van der Waals surface area contributed by atoms with Gasteiger partial charge in [-0.1, -0.05) is 12.8 Å². The Morgan fingerprint density at radius 1 is 1.25 bits per heavy atom. The Kier molecular flexibility index (Phi) is 1.95. The minimum atomic E-state index is -0.604. The highest BCUT2D eigenvalue weighted by molar-refractivity contribution is 5.83. The molecular formula is C10H16O2. The van der Waals surface area contributed by atoms with E-state index in [4.69, 9.17) is 0 Å². The van der Waals surface area contributed by atoms with E-state index in [9.17, 15) is 9.90 Å². The number of fused-ring (bicyclic) bond motifs is 1. The summed E-state index contributed by atoms with van der Waals surface area (Å²) in [7, 11) is 0. The molecule has 2 saturated carbocycles. The molecule has 12 heavy (non-hydrogen) atoms. The van der Waals surface area contributed by atoms with Gasteiger partial charge in [0.05, 0.1) is 5.60 Å². The molecular weight excluding hydrogens is 152 g/mol. The van der Waals surface area contributed by atoms with Gasteiger partial charge in [-0.25, -0.2) is 0 Å². The molecule has 0 aliphatic heterocycles. The van der Waals surface area contributed by atoms with Crippen molar-refractivity contribution < 1.29 is 9.90 Å². The van der Waals surface area contributed by atoms with Gasteiger partial charge in [-0.3, -0.25) is 4.79 Å². The fourth-order valence-corrected chi connectivity index (χ4v) is 2.73. The highest BCUT2D eigenvalue weighted by Gasteiger charge is 2.44. The fourth-order valence-electron chi connectivity index (χ4n) is 2.73. The lowest BCUT2D eigenvalue weighted by atomic mass is 9.67. The Labute approximate surface area is 73.0 Å². The van der Waals surface area contributed by atoms with E-state index in [0.29, 0.717) is 12.2 Å². The molecule has 2 heteroatoms. The molecule has 0 spiro atoms. The van der Waals surface area contributed by atoms with Crippen molar-refractivity contribution in [1.82, 2.24) is 0 Å². The minimum absolute atomic E-state index is 0.0139. The van der Waals surface area contributed by atoms with Crippen LogP contribution in [0.5, 0.6) is 0 Å². The van der Waals surface area contributed by atoms with Crippen LogP contribution in [0.4, 0.5) is 0 Å². The third kappa shape index (κ3) is 1.18. The number of hydrogen-bond acceptors (Lipinski definition) is 2. The maximum Gasteiger partial charge on any atom is 0.138 e. The summed E-state index contributed by atoms with van der Waals surface area (Å²) in [6.07, 6.45) is 6.44. The quantitative estimate of drug-likeness (QED) is 0.597. The Hall–Kier alpha value is -0.370. The van der Waals surface area contributed by atoms with Gasteiger partial charge in [0.1, 0.15) is 5.78 Å². The third-order valence-electron chi connectivity index (χ3n) is 3.42. The van der Waals surface area contributed by atoms with Crippen LogP contribution in [0.3, 0.4) is 0 Å². The largest absolute Gasteiger partial charge is 0.389 e. The molecule has 0 aromatic heterocycles. The van der Waals surface area contributed by atoms with Crippen molar-refractivity contribution in [2.24, 2.45) is 5.92 Å². The zero-order valence-electron chi connectivity index (χ0n) is 7.38. The fraction of sp³-hybridized carbons (Fsp3) is 0.900. The lowest BCUT2D eigenvalue weighted by molar-refractivity contribution is -0.143. The van der Waals surface area contributed by atoms with Crippen LogP contribution < -0.4 is 0 Å². The van der Waals surface area contributed by atoms with Crippen LogP contribution in [-0.2, 0) is 4.79 Å². The van der Waals surface area contributed by atoms with Crippen LogP contribution in [0.2, 0.25) is 0 Å². The molecule has 0 radical (unpaired) electrons. The standard InChI is InChI=1S/C10H16O2/c11-9-5-3-7-10(12)6-2-1-4-8(9)10/h8,12H,1-7H2. The molecule has 0 heterocycles. The number of hydrogen-bond donors (Lipinski definition) is 1. The smallest absolute Gasteiger partial charge is 0.138 e. The first-order chi connectivity index (χ1) is 5.72. The van der Waals surface area contributed by atoms with Crippen LogP contribution in [0.1, 0.15) is 44.9 Å². The first-order valence-corrected chi connectivity index (χ1v) is 4.97. The third-order valence-corrected chi connectivity index (χ3v) is 3.42. The maximum atomic E-state index is 11.5. The van der Waals surface area contributed by atoms with Crippen LogP contribution >= 0.6 is 0 Å². The van der Waals surface area contributed by atoms with E-state index in [2.05, 4.69) is 0 Å². The highest BCUT2D eigenvalue weighted by Crippen LogP contribution is 2.41. The molecule has 2 atom stereocenters. The topological polar surface area (TPSA) is 37.3 Å². The van der Waals surface area contributed by atoms with E-state index >= 15 is 0 Å². The molecule has 0 bridgehead atoms. The van der Waals surface area contributed by atoms with E-state index in [-0.39, 0.29) is 5.92 Å². The molecule has 0 aromatic rings. The number of ketones is 1. The average molecular weight is 168 g/mol. The summed E-state index contributed by atoms with van der Waals surface area (Å²) in [6.45, 7) is 0. The monoisotopic (exact) mass is 168 g/mol. The number of carbonyl (C=O) groups is 1. The van der Waals surface area contributed by atoms with Gasteiger partial charge in [0.15, 0.2) is 0 Å². The predicted molar refractivity (Wildman–Crippen MR) is 45.8 cm³/mol. The van der Waals surface area contributed by atoms with Crippen molar-refractivity contribution in [2.75, 3.05) is 0 Å². The number of aliphatic hydroxyl groups is 1. The molecule has 2 aliphatic carbocycles. The number of rotatable bonds is 0. The molecule has 0 aromatic carbocycles. The molecule has 68 valence electrons. The summed E-state index contributed by atoms with van der Waals surface area (Å²) in [5.74, 6) is 0.295. The zero-order chi connectivity index (χ0) is 8.60. The van der Waals surface area contributed by atoms with E-state index < -0.39 is 5.60 Å². The molecule has 1 N–H and O–H groups in total.